The Labute approximate surface area is 192 Å². The maximum absolute atomic E-state index is 9.62. The number of nitrogens with two attached hydrogens (primary N) is 1. The predicted octanol–water partition coefficient (Wildman–Crippen LogP) is 5.90. The number of aromatic nitrogens is 1. The highest BCUT2D eigenvalue weighted by molar-refractivity contribution is 6.32. The van der Waals surface area contributed by atoms with Gasteiger partial charge in [0, 0.05) is 11.3 Å². The second kappa shape index (κ2) is 10.1. The summed E-state index contributed by atoms with van der Waals surface area (Å²) in [5, 5.41) is 10.0. The highest BCUT2D eigenvalue weighted by atomic mass is 35.5. The van der Waals surface area contributed by atoms with E-state index < -0.39 is 0 Å². The van der Waals surface area contributed by atoms with Gasteiger partial charge in [-0.25, -0.2) is 0 Å². The average Bonchev–Trinajstić information content (AvgIpc) is 3.18. The molecule has 0 aliphatic rings. The molecular formula is C24H25Cl2N3O2. The first-order valence-corrected chi connectivity index (χ1v) is 11.0. The van der Waals surface area contributed by atoms with Crippen LogP contribution in [0.3, 0.4) is 0 Å². The molecule has 0 atom stereocenters. The monoisotopic (exact) mass is 457 g/mol. The van der Waals surface area contributed by atoms with Gasteiger partial charge in [-0.3, -0.25) is 0 Å². The molecule has 1 heterocycles. The van der Waals surface area contributed by atoms with Gasteiger partial charge in [-0.2, -0.15) is 10.2 Å². The molecular weight excluding hydrogens is 433 g/mol. The van der Waals surface area contributed by atoms with Crippen LogP contribution in [0.15, 0.2) is 47.1 Å². The number of aryl methyl sites for hydroxylation is 2. The van der Waals surface area contributed by atoms with Crippen molar-refractivity contribution in [2.24, 2.45) is 0 Å². The quantitative estimate of drug-likeness (QED) is 0.319. The number of nitrogen functional groups attached to an aromatic ring is 1. The molecule has 2 N–H and O–H groups in total. The molecule has 7 heteroatoms. The number of hydrogen-bond acceptors (Lipinski definition) is 5. The summed E-state index contributed by atoms with van der Waals surface area (Å²) in [5.41, 5.74) is 9.71. The normalized spacial score (nSPS) is 11.3. The third-order valence-corrected chi connectivity index (χ3v) is 5.87. The number of rotatable bonds is 9. The number of hydrogen-bond donors (Lipinski definition) is 1. The van der Waals surface area contributed by atoms with Crippen LogP contribution in [0.4, 0.5) is 6.01 Å². The van der Waals surface area contributed by atoms with Crippen LogP contribution < -0.4 is 10.5 Å². The number of nitrogens with zero attached hydrogens (tertiary/aromatic N) is 2. The summed E-state index contributed by atoms with van der Waals surface area (Å²) >= 11 is 12.2. The van der Waals surface area contributed by atoms with E-state index in [9.17, 15) is 5.26 Å². The number of ether oxygens (including phenoxy) is 1. The van der Waals surface area contributed by atoms with Crippen LogP contribution >= 0.6 is 23.2 Å². The van der Waals surface area contributed by atoms with Gasteiger partial charge in [-0.05, 0) is 48.1 Å². The van der Waals surface area contributed by atoms with Crippen molar-refractivity contribution >= 4 is 29.2 Å². The zero-order valence-corrected chi connectivity index (χ0v) is 19.1. The molecule has 31 heavy (non-hydrogen) atoms. The maximum atomic E-state index is 9.62. The van der Waals surface area contributed by atoms with Crippen molar-refractivity contribution in [1.82, 2.24) is 4.98 Å². The van der Waals surface area contributed by atoms with E-state index in [-0.39, 0.29) is 11.4 Å². The minimum Gasteiger partial charge on any atom is -0.491 e. The number of benzene rings is 2. The van der Waals surface area contributed by atoms with Gasteiger partial charge in [-0.15, -0.1) is 11.6 Å². The fourth-order valence-electron chi connectivity index (χ4n) is 3.38. The summed E-state index contributed by atoms with van der Waals surface area (Å²) in [5.74, 6) is 0.908. The highest BCUT2D eigenvalue weighted by Gasteiger charge is 2.26. The summed E-state index contributed by atoms with van der Waals surface area (Å²) in [4.78, 5) is 4.13. The lowest BCUT2D eigenvalue weighted by Crippen LogP contribution is -2.19. The minimum absolute atomic E-state index is 0.193. The molecule has 0 bridgehead atoms. The molecule has 0 unspecified atom stereocenters. The van der Waals surface area contributed by atoms with E-state index >= 15 is 0 Å². The van der Waals surface area contributed by atoms with Gasteiger partial charge in [0.15, 0.2) is 5.75 Å². The van der Waals surface area contributed by atoms with Gasteiger partial charge in [-0.1, -0.05) is 49.7 Å². The Morgan fingerprint density at radius 3 is 2.52 bits per heavy atom. The summed E-state index contributed by atoms with van der Waals surface area (Å²) in [6.07, 6.45) is 3.87. The molecule has 0 fully saturated rings. The Morgan fingerprint density at radius 1 is 1.16 bits per heavy atom. The van der Waals surface area contributed by atoms with Gasteiger partial charge < -0.3 is 14.9 Å². The molecule has 0 aliphatic carbocycles. The molecule has 0 saturated heterocycles. The Morgan fingerprint density at radius 2 is 1.90 bits per heavy atom. The molecule has 5 nitrogen and oxygen atoms in total. The van der Waals surface area contributed by atoms with E-state index in [1.807, 2.05) is 12.1 Å². The van der Waals surface area contributed by atoms with Crippen LogP contribution in [0.5, 0.6) is 5.75 Å². The number of halogens is 2. The number of anilines is 1. The topological polar surface area (TPSA) is 85.1 Å². The van der Waals surface area contributed by atoms with E-state index in [2.05, 4.69) is 49.2 Å². The van der Waals surface area contributed by atoms with Gasteiger partial charge in [0.2, 0.25) is 0 Å². The standard InChI is InChI=1S/C24H25Cl2N3O2/c1-24(2,19-12-17(14-27)22(21(26)13-19)30-11-3-10-25)18-7-4-16(5-8-18)6-9-20-15-31-23(28)29-20/h4-5,7-8,12-13,15H,3,6,9-11H2,1-2H3,(H2,28,29). The van der Waals surface area contributed by atoms with Crippen molar-refractivity contribution in [2.75, 3.05) is 18.2 Å². The van der Waals surface area contributed by atoms with Gasteiger partial charge in [0.05, 0.1) is 22.9 Å². The Hall–Kier alpha value is -2.68. The second-order valence-electron chi connectivity index (χ2n) is 7.84. The van der Waals surface area contributed by atoms with E-state index in [1.54, 1.807) is 6.26 Å². The van der Waals surface area contributed by atoms with Gasteiger partial charge in [0.25, 0.3) is 6.01 Å². The molecule has 0 spiro atoms. The lowest BCUT2D eigenvalue weighted by molar-refractivity contribution is 0.317. The van der Waals surface area contributed by atoms with E-state index in [0.29, 0.717) is 35.2 Å². The molecule has 0 amide bonds. The average molecular weight is 458 g/mol. The molecule has 162 valence electrons. The predicted molar refractivity (Wildman–Crippen MR) is 124 cm³/mol. The van der Waals surface area contributed by atoms with Crippen molar-refractivity contribution in [1.29, 1.82) is 5.26 Å². The van der Waals surface area contributed by atoms with E-state index in [4.69, 9.17) is 38.1 Å². The molecule has 3 aromatic rings. The minimum atomic E-state index is -0.344. The van der Waals surface area contributed by atoms with Crippen molar-refractivity contribution in [2.45, 2.75) is 38.5 Å². The molecule has 1 aromatic heterocycles. The van der Waals surface area contributed by atoms with Crippen LogP contribution in [0.2, 0.25) is 5.02 Å². The Bertz CT molecular complexity index is 1070. The van der Waals surface area contributed by atoms with Crippen molar-refractivity contribution in [3.63, 3.8) is 0 Å². The van der Waals surface area contributed by atoms with Crippen molar-refractivity contribution < 1.29 is 9.15 Å². The molecule has 2 aromatic carbocycles. The van der Waals surface area contributed by atoms with Crippen molar-refractivity contribution in [3.05, 3.63) is 75.6 Å². The molecule has 0 radical (unpaired) electrons. The summed E-state index contributed by atoms with van der Waals surface area (Å²) in [7, 11) is 0. The van der Waals surface area contributed by atoms with Crippen LogP contribution in [0.1, 0.15) is 48.2 Å². The third kappa shape index (κ3) is 5.52. The summed E-state index contributed by atoms with van der Waals surface area (Å²) < 4.78 is 10.7. The lowest BCUT2D eigenvalue weighted by atomic mass is 9.77. The first-order valence-electron chi connectivity index (χ1n) is 10.1. The molecule has 0 saturated carbocycles. The zero-order valence-electron chi connectivity index (χ0n) is 17.6. The van der Waals surface area contributed by atoms with Crippen LogP contribution in [-0.4, -0.2) is 17.5 Å². The Kier molecular flexibility index (Phi) is 7.48. The number of alkyl halides is 1. The van der Waals surface area contributed by atoms with Crippen LogP contribution in [0, 0.1) is 11.3 Å². The SMILES string of the molecule is CC(C)(c1ccc(CCc2coc(N)n2)cc1)c1cc(Cl)c(OCCCCl)c(C#N)c1. The number of nitriles is 1. The highest BCUT2D eigenvalue weighted by Crippen LogP contribution is 2.38. The lowest BCUT2D eigenvalue weighted by Gasteiger charge is -2.27. The maximum Gasteiger partial charge on any atom is 0.292 e. The molecule has 3 rings (SSSR count). The van der Waals surface area contributed by atoms with Crippen LogP contribution in [-0.2, 0) is 18.3 Å². The van der Waals surface area contributed by atoms with E-state index in [1.165, 1.54) is 5.56 Å². The zero-order chi connectivity index (χ0) is 22.4. The second-order valence-corrected chi connectivity index (χ2v) is 8.62. The third-order valence-electron chi connectivity index (χ3n) is 5.33. The van der Waals surface area contributed by atoms with Crippen molar-refractivity contribution in [3.8, 4) is 11.8 Å². The Balaban J connectivity index is 1.78. The summed E-state index contributed by atoms with van der Waals surface area (Å²) in [6, 6.07) is 14.6. The largest absolute Gasteiger partial charge is 0.491 e. The fraction of sp³-hybridized carbons (Fsp3) is 0.333. The van der Waals surface area contributed by atoms with Gasteiger partial charge >= 0.3 is 0 Å². The first kappa shape index (κ1) is 23.0. The van der Waals surface area contributed by atoms with Gasteiger partial charge in [0.1, 0.15) is 12.3 Å². The summed E-state index contributed by atoms with van der Waals surface area (Å²) in [6.45, 7) is 4.64. The van der Waals surface area contributed by atoms with E-state index in [0.717, 1.165) is 29.7 Å². The first-order chi connectivity index (χ1) is 14.8. The smallest absolute Gasteiger partial charge is 0.292 e. The number of oxazole rings is 1. The molecule has 0 aliphatic heterocycles. The fourth-order valence-corrected chi connectivity index (χ4v) is 3.76. The van der Waals surface area contributed by atoms with Crippen LogP contribution in [0.25, 0.3) is 0 Å².